The molecular weight excluding hydrogens is 126 g/mol. The Morgan fingerprint density at radius 1 is 1.60 bits per heavy atom. The van der Waals surface area contributed by atoms with E-state index in [1.807, 2.05) is 12.1 Å². The van der Waals surface area contributed by atoms with Gasteiger partial charge in [-0.05, 0) is 12.1 Å². The quantitative estimate of drug-likeness (QED) is 0.551. The summed E-state index contributed by atoms with van der Waals surface area (Å²) in [4.78, 5) is 4.06. The zero-order valence-electron chi connectivity index (χ0n) is 5.39. The van der Waals surface area contributed by atoms with Crippen LogP contribution in [0.3, 0.4) is 0 Å². The number of fused-ring (bicyclic) bond motifs is 1. The minimum Gasteiger partial charge on any atom is -0.364 e. The molecule has 50 valence electrons. The third kappa shape index (κ3) is 0.603. The van der Waals surface area contributed by atoms with Crippen LogP contribution in [0.15, 0.2) is 18.3 Å². The Hall–Kier alpha value is -1.38. The highest BCUT2D eigenvalue weighted by atomic mass is 15.0. The van der Waals surface area contributed by atoms with Crippen molar-refractivity contribution >= 4 is 11.5 Å². The summed E-state index contributed by atoms with van der Waals surface area (Å²) in [5.41, 5.74) is 1.56. The molecule has 0 unspecified atom stereocenters. The van der Waals surface area contributed by atoms with Crippen molar-refractivity contribution in [2.75, 3.05) is 11.9 Å². The zero-order valence-corrected chi connectivity index (χ0v) is 5.39. The van der Waals surface area contributed by atoms with Crippen molar-refractivity contribution < 1.29 is 0 Å². The lowest BCUT2D eigenvalue weighted by Gasteiger charge is -1.92. The summed E-state index contributed by atoms with van der Waals surface area (Å²) in [5, 5.41) is 10.4. The number of pyridine rings is 1. The van der Waals surface area contributed by atoms with Crippen molar-refractivity contribution in [3.63, 3.8) is 0 Å². The van der Waals surface area contributed by atoms with Gasteiger partial charge in [0.15, 0.2) is 0 Å². The Balaban J connectivity index is 2.61. The molecule has 3 nitrogen and oxygen atoms in total. The number of nitrogens with zero attached hydrogens (tertiary/aromatic N) is 1. The molecular formula is C7H7N3. The molecule has 0 spiro atoms. The molecule has 1 aromatic heterocycles. The fourth-order valence-electron chi connectivity index (χ4n) is 1.06. The van der Waals surface area contributed by atoms with Crippen molar-refractivity contribution in [3.05, 3.63) is 23.9 Å². The smallest absolute Gasteiger partial charge is 0.135 e. The van der Waals surface area contributed by atoms with Gasteiger partial charge in [0, 0.05) is 11.8 Å². The van der Waals surface area contributed by atoms with E-state index in [2.05, 4.69) is 10.3 Å². The van der Waals surface area contributed by atoms with E-state index in [1.165, 1.54) is 0 Å². The fraction of sp³-hybridized carbons (Fsp3) is 0.143. The topological polar surface area (TPSA) is 48.8 Å². The van der Waals surface area contributed by atoms with E-state index in [0.29, 0.717) is 12.3 Å². The van der Waals surface area contributed by atoms with Gasteiger partial charge in [-0.3, -0.25) is 0 Å². The van der Waals surface area contributed by atoms with Gasteiger partial charge in [0.2, 0.25) is 0 Å². The first-order chi connectivity index (χ1) is 4.88. The van der Waals surface area contributed by atoms with Gasteiger partial charge in [-0.15, -0.1) is 0 Å². The predicted molar refractivity (Wildman–Crippen MR) is 39.6 cm³/mol. The van der Waals surface area contributed by atoms with Crippen LogP contribution >= 0.6 is 0 Å². The molecule has 1 aromatic rings. The van der Waals surface area contributed by atoms with Crippen molar-refractivity contribution in [1.82, 2.24) is 4.98 Å². The van der Waals surface area contributed by atoms with Crippen LogP contribution < -0.4 is 5.32 Å². The molecule has 0 fully saturated rings. The summed E-state index contributed by atoms with van der Waals surface area (Å²) in [6, 6.07) is 3.76. The Morgan fingerprint density at radius 3 is 3.30 bits per heavy atom. The van der Waals surface area contributed by atoms with E-state index in [4.69, 9.17) is 5.41 Å². The van der Waals surface area contributed by atoms with Gasteiger partial charge >= 0.3 is 0 Å². The minimum atomic E-state index is 0.617. The molecule has 0 bridgehead atoms. The third-order valence-corrected chi connectivity index (χ3v) is 1.57. The van der Waals surface area contributed by atoms with Crippen molar-refractivity contribution in [3.8, 4) is 0 Å². The number of hydrogen-bond acceptors (Lipinski definition) is 3. The highest BCUT2D eigenvalue weighted by Crippen LogP contribution is 2.16. The van der Waals surface area contributed by atoms with Crippen LogP contribution in [0.5, 0.6) is 0 Å². The van der Waals surface area contributed by atoms with E-state index >= 15 is 0 Å². The van der Waals surface area contributed by atoms with E-state index in [9.17, 15) is 0 Å². The maximum absolute atomic E-state index is 7.43. The first-order valence-corrected chi connectivity index (χ1v) is 3.14. The number of anilines is 1. The maximum Gasteiger partial charge on any atom is 0.135 e. The lowest BCUT2D eigenvalue weighted by Crippen LogP contribution is -2.00. The molecule has 0 atom stereocenters. The highest BCUT2D eigenvalue weighted by molar-refractivity contribution is 6.08. The van der Waals surface area contributed by atoms with E-state index in [1.54, 1.807) is 6.20 Å². The molecule has 1 aliphatic rings. The van der Waals surface area contributed by atoms with Crippen LogP contribution in [0.2, 0.25) is 0 Å². The van der Waals surface area contributed by atoms with Gasteiger partial charge in [-0.2, -0.15) is 0 Å². The van der Waals surface area contributed by atoms with E-state index in [0.717, 1.165) is 11.4 Å². The average molecular weight is 133 g/mol. The Kier molecular flexibility index (Phi) is 0.974. The predicted octanol–water partition coefficient (Wildman–Crippen LogP) is 0.875. The number of nitrogens with one attached hydrogen (secondary N) is 2. The Bertz CT molecular complexity index is 280. The van der Waals surface area contributed by atoms with Gasteiger partial charge in [0.05, 0.1) is 12.3 Å². The molecule has 0 amide bonds. The van der Waals surface area contributed by atoms with Crippen LogP contribution in [0, 0.1) is 5.41 Å². The fourth-order valence-corrected chi connectivity index (χ4v) is 1.06. The van der Waals surface area contributed by atoms with Crippen LogP contribution in [0.1, 0.15) is 5.56 Å². The molecule has 0 aromatic carbocycles. The van der Waals surface area contributed by atoms with Crippen LogP contribution in [0.4, 0.5) is 5.82 Å². The second-order valence-corrected chi connectivity index (χ2v) is 2.23. The molecule has 2 N–H and O–H groups in total. The van der Waals surface area contributed by atoms with Crippen molar-refractivity contribution in [1.29, 1.82) is 5.41 Å². The Morgan fingerprint density at radius 2 is 2.50 bits per heavy atom. The van der Waals surface area contributed by atoms with Gasteiger partial charge in [0.25, 0.3) is 0 Å². The van der Waals surface area contributed by atoms with Crippen molar-refractivity contribution in [2.24, 2.45) is 0 Å². The molecule has 3 heteroatoms. The lowest BCUT2D eigenvalue weighted by molar-refractivity contribution is 1.29. The summed E-state index contributed by atoms with van der Waals surface area (Å²) in [6.07, 6.45) is 1.73. The average Bonchev–Trinajstić information content (AvgIpc) is 2.34. The summed E-state index contributed by atoms with van der Waals surface area (Å²) < 4.78 is 0. The summed E-state index contributed by atoms with van der Waals surface area (Å²) in [5.74, 6) is 0.840. The van der Waals surface area contributed by atoms with Gasteiger partial charge in [-0.25, -0.2) is 4.98 Å². The highest BCUT2D eigenvalue weighted by Gasteiger charge is 2.14. The molecule has 10 heavy (non-hydrogen) atoms. The van der Waals surface area contributed by atoms with Gasteiger partial charge in [0.1, 0.15) is 5.82 Å². The van der Waals surface area contributed by atoms with Crippen LogP contribution in [0.25, 0.3) is 0 Å². The molecule has 0 saturated carbocycles. The normalized spacial score (nSPS) is 14.6. The Labute approximate surface area is 58.6 Å². The molecule has 1 aliphatic heterocycles. The lowest BCUT2D eigenvalue weighted by atomic mass is 10.2. The van der Waals surface area contributed by atoms with Crippen molar-refractivity contribution in [2.45, 2.75) is 0 Å². The van der Waals surface area contributed by atoms with Gasteiger partial charge in [-0.1, -0.05) is 0 Å². The van der Waals surface area contributed by atoms with E-state index in [-0.39, 0.29) is 0 Å². The first kappa shape index (κ1) is 5.41. The van der Waals surface area contributed by atoms with Crippen LogP contribution in [-0.2, 0) is 0 Å². The van der Waals surface area contributed by atoms with Crippen LogP contribution in [-0.4, -0.2) is 17.2 Å². The van der Waals surface area contributed by atoms with E-state index < -0.39 is 0 Å². The third-order valence-electron chi connectivity index (χ3n) is 1.57. The second kappa shape index (κ2) is 1.80. The minimum absolute atomic E-state index is 0.617. The number of aromatic nitrogens is 1. The largest absolute Gasteiger partial charge is 0.364 e. The first-order valence-electron chi connectivity index (χ1n) is 3.14. The molecule has 0 saturated heterocycles. The monoisotopic (exact) mass is 133 g/mol. The summed E-state index contributed by atoms with van der Waals surface area (Å²) in [7, 11) is 0. The summed E-state index contributed by atoms with van der Waals surface area (Å²) in [6.45, 7) is 0.617. The molecule has 0 radical (unpaired) electrons. The molecule has 0 aliphatic carbocycles. The van der Waals surface area contributed by atoms with Gasteiger partial charge < -0.3 is 10.7 Å². The second-order valence-electron chi connectivity index (χ2n) is 2.23. The summed E-state index contributed by atoms with van der Waals surface area (Å²) >= 11 is 0. The molecule has 2 rings (SSSR count). The maximum atomic E-state index is 7.43. The zero-order chi connectivity index (χ0) is 6.97. The molecule has 2 heterocycles. The number of rotatable bonds is 0. The number of hydrogen-bond donors (Lipinski definition) is 2. The SMILES string of the molecule is N=C1CNc2ncccc21. The standard InChI is InChI=1S/C7H7N3/c8-6-4-10-7-5(6)2-1-3-9-7/h1-3,8H,4H2,(H,9,10).